The van der Waals surface area contributed by atoms with E-state index in [1.54, 1.807) is 14.2 Å². The van der Waals surface area contributed by atoms with Gasteiger partial charge in [0, 0.05) is 37.6 Å². The molecule has 4 aliphatic rings. The Hall–Kier alpha value is -3.27. The molecule has 0 unspecified atom stereocenters. The lowest BCUT2D eigenvalue weighted by molar-refractivity contribution is -0.214. The van der Waals surface area contributed by atoms with E-state index in [-0.39, 0.29) is 60.6 Å². The number of esters is 3. The van der Waals surface area contributed by atoms with Crippen LogP contribution in [-0.2, 0) is 33.3 Å². The van der Waals surface area contributed by atoms with E-state index in [1.807, 2.05) is 24.3 Å². The lowest BCUT2D eigenvalue weighted by atomic mass is 9.44. The third-order valence-corrected chi connectivity index (χ3v) is 10.4. The van der Waals surface area contributed by atoms with Crippen molar-refractivity contribution in [3.63, 3.8) is 0 Å². The molecule has 1 saturated heterocycles. The molecule has 7 atom stereocenters. The van der Waals surface area contributed by atoms with E-state index in [0.29, 0.717) is 36.5 Å². The zero-order valence-electron chi connectivity index (χ0n) is 25.4. The molecule has 0 bridgehead atoms. The van der Waals surface area contributed by atoms with E-state index in [0.717, 1.165) is 24.9 Å². The van der Waals surface area contributed by atoms with Gasteiger partial charge in [0.1, 0.15) is 19.3 Å². The second kappa shape index (κ2) is 11.4. The van der Waals surface area contributed by atoms with Gasteiger partial charge in [-0.3, -0.25) is 9.59 Å². The Morgan fingerprint density at radius 1 is 1.02 bits per heavy atom. The number of benzene rings is 1. The highest BCUT2D eigenvalue weighted by Crippen LogP contribution is 2.66. The Labute approximate surface area is 247 Å². The van der Waals surface area contributed by atoms with Gasteiger partial charge in [0.25, 0.3) is 0 Å². The predicted molar refractivity (Wildman–Crippen MR) is 153 cm³/mol. The number of fused-ring (bicyclic) bond motifs is 3. The molecule has 1 N–H and O–H groups in total. The van der Waals surface area contributed by atoms with Crippen molar-refractivity contribution in [2.75, 3.05) is 39.3 Å². The van der Waals surface area contributed by atoms with Crippen LogP contribution in [0.5, 0.6) is 11.5 Å². The Kier molecular flexibility index (Phi) is 8.22. The van der Waals surface area contributed by atoms with Crippen LogP contribution in [0, 0.1) is 22.7 Å². The van der Waals surface area contributed by atoms with Crippen molar-refractivity contribution in [1.82, 2.24) is 0 Å². The highest BCUT2D eigenvalue weighted by molar-refractivity contribution is 5.91. The standard InChI is InChI=1S/C32H43NO9/c1-19(34)40-18-31(4)26-9-13-32(17-33-21-7-8-23(37-5)25(15-21)38-6)27(16-24(42-32)22-11-14-39-29(22)36)30(26,3)12-10-28(31)41-20(2)35/h7-8,11,15,24,26-28,33H,9-10,12-14,16-18H2,1-6H3/t24-,26-,27-,28+,30+,31-,32+/m0/s1. The maximum atomic E-state index is 12.6. The monoisotopic (exact) mass is 585 g/mol. The smallest absolute Gasteiger partial charge is 0.336 e. The SMILES string of the molecule is COc1ccc(NC[C@]23CC[C@@H]4[C@](C)(COC(C)=O)[C@H](OC(C)=O)CC[C@@]4(C)[C@@H]2C[C@@H](C2=CCOC2=O)O3)cc1OC. The largest absolute Gasteiger partial charge is 0.493 e. The number of ether oxygens (including phenoxy) is 6. The van der Waals surface area contributed by atoms with Crippen LogP contribution in [0.15, 0.2) is 29.8 Å². The molecule has 5 rings (SSSR count). The lowest BCUT2D eigenvalue weighted by Gasteiger charge is -2.62. The highest BCUT2D eigenvalue weighted by Gasteiger charge is 2.67. The lowest BCUT2D eigenvalue weighted by Crippen LogP contribution is -2.63. The van der Waals surface area contributed by atoms with Crippen LogP contribution in [0.2, 0.25) is 0 Å². The molecule has 0 aromatic heterocycles. The van der Waals surface area contributed by atoms with Crippen LogP contribution < -0.4 is 14.8 Å². The van der Waals surface area contributed by atoms with Crippen LogP contribution in [0.4, 0.5) is 5.69 Å². The molecule has 230 valence electrons. The molecule has 2 heterocycles. The van der Waals surface area contributed by atoms with Crippen molar-refractivity contribution in [3.05, 3.63) is 29.8 Å². The van der Waals surface area contributed by atoms with Gasteiger partial charge in [-0.15, -0.1) is 0 Å². The van der Waals surface area contributed by atoms with Crippen molar-refractivity contribution in [1.29, 1.82) is 0 Å². The second-order valence-electron chi connectivity index (χ2n) is 12.7. The number of methoxy groups -OCH3 is 2. The van der Waals surface area contributed by atoms with Crippen LogP contribution in [0.25, 0.3) is 0 Å². The van der Waals surface area contributed by atoms with Crippen LogP contribution in [0.3, 0.4) is 0 Å². The average Bonchev–Trinajstić information content (AvgIpc) is 3.56. The molecule has 10 nitrogen and oxygen atoms in total. The molecule has 2 aliphatic heterocycles. The summed E-state index contributed by atoms with van der Waals surface area (Å²) in [5.74, 6) is 0.429. The Balaban J connectivity index is 1.49. The quantitative estimate of drug-likeness (QED) is 0.329. The molecular weight excluding hydrogens is 542 g/mol. The first-order chi connectivity index (χ1) is 20.0. The van der Waals surface area contributed by atoms with Gasteiger partial charge in [-0.25, -0.2) is 4.79 Å². The van der Waals surface area contributed by atoms with Crippen LogP contribution in [-0.4, -0.2) is 69.7 Å². The molecule has 1 aromatic rings. The van der Waals surface area contributed by atoms with Crippen molar-refractivity contribution < 1.29 is 42.8 Å². The predicted octanol–water partition coefficient (Wildman–Crippen LogP) is 4.45. The third kappa shape index (κ3) is 5.23. The van der Waals surface area contributed by atoms with Crippen LogP contribution in [0.1, 0.15) is 59.8 Å². The van der Waals surface area contributed by atoms with Crippen molar-refractivity contribution >= 4 is 23.6 Å². The number of hydrogen-bond donors (Lipinski definition) is 1. The number of rotatable bonds is 9. The summed E-state index contributed by atoms with van der Waals surface area (Å²) in [6.07, 6.45) is 4.73. The maximum absolute atomic E-state index is 12.6. The Bertz CT molecular complexity index is 1260. The minimum absolute atomic E-state index is 0.0747. The first-order valence-electron chi connectivity index (χ1n) is 14.8. The molecular formula is C32H43NO9. The van der Waals surface area contributed by atoms with Gasteiger partial charge in [0.05, 0.1) is 31.5 Å². The fourth-order valence-corrected chi connectivity index (χ4v) is 8.46. The minimum Gasteiger partial charge on any atom is -0.493 e. The molecule has 2 saturated carbocycles. The van der Waals surface area contributed by atoms with Gasteiger partial charge >= 0.3 is 17.9 Å². The molecule has 42 heavy (non-hydrogen) atoms. The second-order valence-corrected chi connectivity index (χ2v) is 12.7. The normalized spacial score (nSPS) is 35.3. The van der Waals surface area contributed by atoms with E-state index < -0.39 is 11.0 Å². The van der Waals surface area contributed by atoms with Crippen LogP contribution >= 0.6 is 0 Å². The van der Waals surface area contributed by atoms with Crippen molar-refractivity contribution in [2.24, 2.45) is 22.7 Å². The summed E-state index contributed by atoms with van der Waals surface area (Å²) in [5.41, 5.74) is 0.0884. The summed E-state index contributed by atoms with van der Waals surface area (Å²) in [4.78, 5) is 36.7. The number of carbonyl (C=O) groups is 3. The molecule has 1 aromatic carbocycles. The van der Waals surface area contributed by atoms with E-state index in [1.165, 1.54) is 13.8 Å². The summed E-state index contributed by atoms with van der Waals surface area (Å²) in [6.45, 7) is 8.19. The molecule has 3 fully saturated rings. The van der Waals surface area contributed by atoms with Crippen molar-refractivity contribution in [3.8, 4) is 11.5 Å². The fraction of sp³-hybridized carbons (Fsp3) is 0.656. The molecule has 0 radical (unpaired) electrons. The summed E-state index contributed by atoms with van der Waals surface area (Å²) >= 11 is 0. The average molecular weight is 586 g/mol. The number of hydrogen-bond acceptors (Lipinski definition) is 10. The number of nitrogens with one attached hydrogen (secondary N) is 1. The highest BCUT2D eigenvalue weighted by atomic mass is 16.6. The Morgan fingerprint density at radius 3 is 2.43 bits per heavy atom. The topological polar surface area (TPSA) is 119 Å². The third-order valence-electron chi connectivity index (χ3n) is 10.4. The minimum atomic E-state index is -0.572. The van der Waals surface area contributed by atoms with E-state index in [9.17, 15) is 14.4 Å². The van der Waals surface area contributed by atoms with Gasteiger partial charge in [-0.1, -0.05) is 13.8 Å². The van der Waals surface area contributed by atoms with E-state index in [2.05, 4.69) is 19.2 Å². The molecule has 0 spiro atoms. The zero-order valence-corrected chi connectivity index (χ0v) is 25.4. The van der Waals surface area contributed by atoms with E-state index >= 15 is 0 Å². The zero-order chi connectivity index (χ0) is 30.3. The Morgan fingerprint density at radius 2 is 1.79 bits per heavy atom. The number of carbonyl (C=O) groups excluding carboxylic acids is 3. The maximum Gasteiger partial charge on any atom is 0.336 e. The summed E-state index contributed by atoms with van der Waals surface area (Å²) in [6, 6.07) is 5.72. The van der Waals surface area contributed by atoms with Crippen molar-refractivity contribution in [2.45, 2.75) is 77.6 Å². The molecule has 2 aliphatic carbocycles. The molecule has 0 amide bonds. The van der Waals surface area contributed by atoms with Gasteiger partial charge in [0.2, 0.25) is 0 Å². The van der Waals surface area contributed by atoms with Gasteiger partial charge in [-0.2, -0.15) is 0 Å². The first-order valence-corrected chi connectivity index (χ1v) is 14.8. The van der Waals surface area contributed by atoms with E-state index in [4.69, 9.17) is 28.4 Å². The number of anilines is 1. The fourth-order valence-electron chi connectivity index (χ4n) is 8.46. The summed E-state index contributed by atoms with van der Waals surface area (Å²) in [5, 5.41) is 3.60. The van der Waals surface area contributed by atoms with Gasteiger partial charge < -0.3 is 33.7 Å². The first kappa shape index (κ1) is 30.2. The van der Waals surface area contributed by atoms with Gasteiger partial charge in [-0.05, 0) is 67.6 Å². The number of cyclic esters (lactones) is 1. The van der Waals surface area contributed by atoms with Gasteiger partial charge in [0.15, 0.2) is 11.5 Å². The summed E-state index contributed by atoms with van der Waals surface area (Å²) < 4.78 is 34.6. The molecule has 10 heteroatoms. The summed E-state index contributed by atoms with van der Waals surface area (Å²) in [7, 11) is 3.21.